The lowest BCUT2D eigenvalue weighted by molar-refractivity contribution is -0.112. The van der Waals surface area contributed by atoms with Crippen molar-refractivity contribution >= 4 is 28.8 Å². The van der Waals surface area contributed by atoms with E-state index in [2.05, 4.69) is 15.0 Å². The number of aromatic amines is 1. The van der Waals surface area contributed by atoms with Crippen molar-refractivity contribution in [3.63, 3.8) is 0 Å². The number of amides is 1. The molecule has 0 saturated carbocycles. The molecule has 4 heterocycles. The fourth-order valence-electron chi connectivity index (χ4n) is 3.30. The first-order chi connectivity index (χ1) is 13.1. The van der Waals surface area contributed by atoms with Crippen molar-refractivity contribution in [2.24, 2.45) is 0 Å². The van der Waals surface area contributed by atoms with Crippen molar-refractivity contribution in [2.75, 3.05) is 13.1 Å². The molecule has 1 saturated heterocycles. The van der Waals surface area contributed by atoms with E-state index in [0.717, 1.165) is 53.7 Å². The van der Waals surface area contributed by atoms with Crippen molar-refractivity contribution < 1.29 is 9.59 Å². The number of hydrogen-bond donors (Lipinski definition) is 1. The van der Waals surface area contributed by atoms with Crippen LogP contribution in [-0.2, 0) is 4.79 Å². The topological polar surface area (TPSA) is 79.0 Å². The SMILES string of the molecule is CC(=O)/C=C/c1c[nH]c2ncc(-c3ccc(C(=O)N4CCCC4)nc3)cc12. The number of allylic oxidation sites excluding steroid dienone is 1. The fraction of sp³-hybridized carbons (Fsp3) is 0.238. The molecule has 0 spiro atoms. The van der Waals surface area contributed by atoms with Crippen molar-refractivity contribution in [1.29, 1.82) is 0 Å². The summed E-state index contributed by atoms with van der Waals surface area (Å²) in [6.45, 7) is 3.14. The average Bonchev–Trinajstić information content (AvgIpc) is 3.35. The highest BCUT2D eigenvalue weighted by Gasteiger charge is 2.20. The predicted octanol–water partition coefficient (Wildman–Crippen LogP) is 3.46. The Morgan fingerprint density at radius 2 is 1.89 bits per heavy atom. The van der Waals surface area contributed by atoms with Gasteiger partial charge in [-0.1, -0.05) is 6.07 Å². The molecule has 1 amide bonds. The van der Waals surface area contributed by atoms with Crippen LogP contribution >= 0.6 is 0 Å². The number of likely N-dealkylation sites (tertiary alicyclic amines) is 1. The third-order valence-corrected chi connectivity index (χ3v) is 4.77. The summed E-state index contributed by atoms with van der Waals surface area (Å²) in [7, 11) is 0. The summed E-state index contributed by atoms with van der Waals surface area (Å²) in [4.78, 5) is 37.4. The Kier molecular flexibility index (Phi) is 4.54. The van der Waals surface area contributed by atoms with Gasteiger partial charge in [0, 0.05) is 53.8 Å². The molecule has 0 aromatic carbocycles. The number of carbonyl (C=O) groups is 2. The number of fused-ring (bicyclic) bond motifs is 1. The normalized spacial score (nSPS) is 14.3. The van der Waals surface area contributed by atoms with Crippen LogP contribution in [0.15, 0.2) is 42.9 Å². The monoisotopic (exact) mass is 360 g/mol. The minimum atomic E-state index is -0.00471. The number of nitrogens with zero attached hydrogens (tertiary/aromatic N) is 3. The minimum absolute atomic E-state index is 0.00378. The molecular formula is C21H20N4O2. The molecule has 1 N–H and O–H groups in total. The molecule has 0 atom stereocenters. The van der Waals surface area contributed by atoms with Gasteiger partial charge in [0.1, 0.15) is 11.3 Å². The zero-order chi connectivity index (χ0) is 18.8. The van der Waals surface area contributed by atoms with E-state index >= 15 is 0 Å². The van der Waals surface area contributed by atoms with Gasteiger partial charge in [0.15, 0.2) is 5.78 Å². The van der Waals surface area contributed by atoms with E-state index < -0.39 is 0 Å². The van der Waals surface area contributed by atoms with Crippen LogP contribution in [0.1, 0.15) is 35.8 Å². The number of aromatic nitrogens is 3. The molecule has 1 aliphatic heterocycles. The van der Waals surface area contributed by atoms with Gasteiger partial charge in [-0.05, 0) is 44.1 Å². The maximum absolute atomic E-state index is 12.4. The molecule has 6 heteroatoms. The Bertz CT molecular complexity index is 1030. The van der Waals surface area contributed by atoms with Gasteiger partial charge in [0.25, 0.3) is 5.91 Å². The third-order valence-electron chi connectivity index (χ3n) is 4.77. The van der Waals surface area contributed by atoms with Crippen LogP contribution < -0.4 is 0 Å². The fourth-order valence-corrected chi connectivity index (χ4v) is 3.30. The highest BCUT2D eigenvalue weighted by atomic mass is 16.2. The summed E-state index contributed by atoms with van der Waals surface area (Å²) in [5.74, 6) is -0.00848. The van der Waals surface area contributed by atoms with E-state index in [1.165, 1.54) is 13.0 Å². The van der Waals surface area contributed by atoms with E-state index in [0.29, 0.717) is 5.69 Å². The Labute approximate surface area is 156 Å². The van der Waals surface area contributed by atoms with Crippen LogP contribution in [0.3, 0.4) is 0 Å². The molecule has 1 aliphatic rings. The number of H-pyrrole nitrogens is 1. The summed E-state index contributed by atoms with van der Waals surface area (Å²) < 4.78 is 0. The van der Waals surface area contributed by atoms with E-state index in [1.54, 1.807) is 24.5 Å². The molecule has 27 heavy (non-hydrogen) atoms. The molecule has 0 bridgehead atoms. The second-order valence-corrected chi connectivity index (χ2v) is 6.74. The maximum atomic E-state index is 12.4. The number of nitrogens with one attached hydrogen (secondary N) is 1. The second kappa shape index (κ2) is 7.15. The Hall–Kier alpha value is -3.28. The summed E-state index contributed by atoms with van der Waals surface area (Å²) in [5, 5.41) is 0.933. The smallest absolute Gasteiger partial charge is 0.272 e. The summed E-state index contributed by atoms with van der Waals surface area (Å²) in [5.41, 5.74) is 3.94. The largest absolute Gasteiger partial charge is 0.346 e. The van der Waals surface area contributed by atoms with Gasteiger partial charge in [0.05, 0.1) is 0 Å². The molecule has 0 unspecified atom stereocenters. The highest BCUT2D eigenvalue weighted by Crippen LogP contribution is 2.25. The third kappa shape index (κ3) is 3.51. The van der Waals surface area contributed by atoms with Crippen LogP contribution in [0.25, 0.3) is 28.2 Å². The number of pyridine rings is 2. The molecule has 1 fully saturated rings. The first-order valence-corrected chi connectivity index (χ1v) is 9.03. The van der Waals surface area contributed by atoms with Crippen molar-refractivity contribution in [3.05, 3.63) is 54.1 Å². The van der Waals surface area contributed by atoms with E-state index in [-0.39, 0.29) is 11.7 Å². The predicted molar refractivity (Wildman–Crippen MR) is 104 cm³/mol. The van der Waals surface area contributed by atoms with Crippen LogP contribution in [-0.4, -0.2) is 44.6 Å². The van der Waals surface area contributed by atoms with Gasteiger partial charge in [-0.2, -0.15) is 0 Å². The summed E-state index contributed by atoms with van der Waals surface area (Å²) in [6, 6.07) is 5.68. The van der Waals surface area contributed by atoms with Gasteiger partial charge in [0.2, 0.25) is 0 Å². The second-order valence-electron chi connectivity index (χ2n) is 6.74. The minimum Gasteiger partial charge on any atom is -0.346 e. The van der Waals surface area contributed by atoms with Crippen molar-refractivity contribution in [2.45, 2.75) is 19.8 Å². The van der Waals surface area contributed by atoms with Gasteiger partial charge >= 0.3 is 0 Å². The van der Waals surface area contributed by atoms with Crippen LogP contribution in [0, 0.1) is 0 Å². The van der Waals surface area contributed by atoms with Crippen LogP contribution in [0.2, 0.25) is 0 Å². The number of ketones is 1. The van der Waals surface area contributed by atoms with Crippen molar-refractivity contribution in [3.8, 4) is 11.1 Å². The van der Waals surface area contributed by atoms with E-state index in [4.69, 9.17) is 0 Å². The van der Waals surface area contributed by atoms with Gasteiger partial charge in [-0.25, -0.2) is 4.98 Å². The highest BCUT2D eigenvalue weighted by molar-refractivity contribution is 5.96. The first kappa shape index (κ1) is 17.1. The van der Waals surface area contributed by atoms with E-state index in [9.17, 15) is 9.59 Å². The standard InChI is InChI=1S/C21H20N4O2/c1-14(26)4-5-16-12-23-20-18(16)10-17(13-24-20)15-6-7-19(22-11-15)21(27)25-8-2-3-9-25/h4-7,10-13H,2-3,8-9H2,1H3,(H,23,24)/b5-4+. The molecule has 3 aromatic heterocycles. The number of rotatable bonds is 4. The maximum Gasteiger partial charge on any atom is 0.272 e. The first-order valence-electron chi connectivity index (χ1n) is 9.03. The quantitative estimate of drug-likeness (QED) is 0.723. The van der Waals surface area contributed by atoms with Gasteiger partial charge < -0.3 is 9.88 Å². The van der Waals surface area contributed by atoms with Crippen LogP contribution in [0.5, 0.6) is 0 Å². The molecule has 0 aliphatic carbocycles. The Balaban J connectivity index is 1.62. The lowest BCUT2D eigenvalue weighted by Gasteiger charge is -2.14. The summed E-state index contributed by atoms with van der Waals surface area (Å²) >= 11 is 0. The van der Waals surface area contributed by atoms with E-state index in [1.807, 2.05) is 23.2 Å². The van der Waals surface area contributed by atoms with Crippen molar-refractivity contribution in [1.82, 2.24) is 19.9 Å². The van der Waals surface area contributed by atoms with Crippen LogP contribution in [0.4, 0.5) is 0 Å². The number of hydrogen-bond acceptors (Lipinski definition) is 4. The van der Waals surface area contributed by atoms with Gasteiger partial charge in [-0.3, -0.25) is 14.6 Å². The lowest BCUT2D eigenvalue weighted by atomic mass is 10.1. The molecule has 4 rings (SSSR count). The molecular weight excluding hydrogens is 340 g/mol. The number of carbonyl (C=O) groups excluding carboxylic acids is 2. The zero-order valence-electron chi connectivity index (χ0n) is 15.1. The average molecular weight is 360 g/mol. The molecule has 3 aromatic rings. The zero-order valence-corrected chi connectivity index (χ0v) is 15.1. The Morgan fingerprint density at radius 1 is 1.11 bits per heavy atom. The lowest BCUT2D eigenvalue weighted by Crippen LogP contribution is -2.28. The summed E-state index contributed by atoms with van der Waals surface area (Å²) in [6.07, 6.45) is 10.8. The van der Waals surface area contributed by atoms with Gasteiger partial charge in [-0.15, -0.1) is 0 Å². The molecule has 6 nitrogen and oxygen atoms in total. The Morgan fingerprint density at radius 3 is 2.59 bits per heavy atom. The molecule has 0 radical (unpaired) electrons. The molecule has 136 valence electrons.